The second-order valence-electron chi connectivity index (χ2n) is 11.0. The van der Waals surface area contributed by atoms with Crippen LogP contribution in [0, 0.1) is 0 Å². The predicted molar refractivity (Wildman–Crippen MR) is 177 cm³/mol. The van der Waals surface area contributed by atoms with Gasteiger partial charge in [-0.1, -0.05) is 97.1 Å². The zero-order chi connectivity index (χ0) is 27.6. The molecule has 4 heteroatoms. The van der Waals surface area contributed by atoms with Crippen LogP contribution < -0.4 is 26.2 Å². The van der Waals surface area contributed by atoms with Crippen LogP contribution >= 0.6 is 0 Å². The monoisotopic (exact) mass is 535 g/mol. The molecule has 9 rings (SSSR count). The first kappa shape index (κ1) is 23.3. The van der Waals surface area contributed by atoms with Crippen LogP contribution in [0.3, 0.4) is 0 Å². The van der Waals surface area contributed by atoms with Crippen LogP contribution in [-0.2, 0) is 0 Å². The normalized spacial score (nSPS) is 13.1. The van der Waals surface area contributed by atoms with Gasteiger partial charge in [-0.3, -0.25) is 9.47 Å². The second-order valence-corrected chi connectivity index (χ2v) is 11.0. The highest BCUT2D eigenvalue weighted by molar-refractivity contribution is 7.01. The molecule has 0 atom stereocenters. The van der Waals surface area contributed by atoms with E-state index in [1.54, 1.807) is 0 Å². The lowest BCUT2D eigenvalue weighted by atomic mass is 9.33. The van der Waals surface area contributed by atoms with Crippen molar-refractivity contribution in [2.75, 3.05) is 9.80 Å². The van der Waals surface area contributed by atoms with Crippen molar-refractivity contribution in [3.05, 3.63) is 158 Å². The van der Waals surface area contributed by atoms with E-state index in [4.69, 9.17) is 0 Å². The third kappa shape index (κ3) is 3.18. The lowest BCUT2D eigenvalue weighted by Crippen LogP contribution is -2.61. The van der Waals surface area contributed by atoms with E-state index in [0.717, 1.165) is 11.4 Å². The maximum absolute atomic E-state index is 2.48. The SMILES string of the molecule is c1ccc(N2c3ccccc3B3c4c2cccc4N(c2ccccc2)c2c3c3ccccc3n2-c2ccccc2)cc1. The molecular formula is C38H26BN3. The fraction of sp³-hybridized carbons (Fsp3) is 0. The van der Waals surface area contributed by atoms with Crippen molar-refractivity contribution >= 4 is 68.3 Å². The molecule has 42 heavy (non-hydrogen) atoms. The summed E-state index contributed by atoms with van der Waals surface area (Å²) in [4.78, 5) is 4.92. The van der Waals surface area contributed by atoms with Crippen LogP contribution in [0.5, 0.6) is 0 Å². The summed E-state index contributed by atoms with van der Waals surface area (Å²) < 4.78 is 2.46. The van der Waals surface area contributed by atoms with Crippen LogP contribution in [0.4, 0.5) is 34.3 Å². The van der Waals surface area contributed by atoms with Crippen LogP contribution in [0.25, 0.3) is 16.6 Å². The molecule has 196 valence electrons. The molecule has 3 nitrogen and oxygen atoms in total. The van der Waals surface area contributed by atoms with Crippen molar-refractivity contribution in [2.24, 2.45) is 0 Å². The van der Waals surface area contributed by atoms with E-state index >= 15 is 0 Å². The molecule has 0 fully saturated rings. The topological polar surface area (TPSA) is 11.4 Å². The number of nitrogens with zero attached hydrogens (tertiary/aromatic N) is 3. The maximum Gasteiger partial charge on any atom is 0.255 e. The predicted octanol–water partition coefficient (Wildman–Crippen LogP) is 7.71. The van der Waals surface area contributed by atoms with Gasteiger partial charge in [-0.2, -0.15) is 0 Å². The van der Waals surface area contributed by atoms with Gasteiger partial charge >= 0.3 is 0 Å². The fourth-order valence-corrected chi connectivity index (χ4v) is 7.15. The summed E-state index contributed by atoms with van der Waals surface area (Å²) in [6.07, 6.45) is 0. The summed E-state index contributed by atoms with van der Waals surface area (Å²) in [5.74, 6) is 1.20. The highest BCUT2D eigenvalue weighted by Crippen LogP contribution is 2.46. The molecule has 3 heterocycles. The lowest BCUT2D eigenvalue weighted by Gasteiger charge is -2.43. The molecule has 1 aromatic heterocycles. The van der Waals surface area contributed by atoms with Crippen molar-refractivity contribution in [1.82, 2.24) is 4.57 Å². The Morgan fingerprint density at radius 1 is 0.381 bits per heavy atom. The van der Waals surface area contributed by atoms with Crippen LogP contribution in [-0.4, -0.2) is 11.3 Å². The van der Waals surface area contributed by atoms with Crippen molar-refractivity contribution < 1.29 is 0 Å². The highest BCUT2D eigenvalue weighted by Gasteiger charge is 2.45. The smallest absolute Gasteiger partial charge is 0.255 e. The molecule has 0 saturated carbocycles. The second kappa shape index (κ2) is 9.02. The molecule has 7 aromatic rings. The van der Waals surface area contributed by atoms with E-state index in [9.17, 15) is 0 Å². The van der Waals surface area contributed by atoms with E-state index in [2.05, 4.69) is 172 Å². The molecule has 2 aliphatic heterocycles. The Bertz CT molecular complexity index is 2100. The molecule has 0 aliphatic carbocycles. The van der Waals surface area contributed by atoms with Gasteiger partial charge in [0.25, 0.3) is 6.71 Å². The molecular weight excluding hydrogens is 509 g/mol. The molecule has 2 aliphatic rings. The standard InChI is InChI=1S/C38H26BN3/c1-4-15-27(16-5-1)40-33-24-13-11-22-31(33)39-36-30-21-10-12-23-32(30)41(28-17-6-2-7-18-28)38(36)42(29-19-8-3-9-20-29)35-26-14-25-34(40)37(35)39/h1-26H. The Balaban J connectivity index is 1.46. The van der Waals surface area contributed by atoms with E-state index in [1.165, 1.54) is 55.9 Å². The minimum Gasteiger partial charge on any atom is -0.311 e. The van der Waals surface area contributed by atoms with Crippen molar-refractivity contribution in [3.63, 3.8) is 0 Å². The van der Waals surface area contributed by atoms with Gasteiger partial charge in [-0.15, -0.1) is 0 Å². The van der Waals surface area contributed by atoms with E-state index in [1.807, 2.05) is 0 Å². The summed E-state index contributed by atoms with van der Waals surface area (Å²) in [6, 6.07) is 57.0. The van der Waals surface area contributed by atoms with Crippen LogP contribution in [0.2, 0.25) is 0 Å². The van der Waals surface area contributed by atoms with Crippen molar-refractivity contribution in [2.45, 2.75) is 0 Å². The number of anilines is 6. The largest absolute Gasteiger partial charge is 0.311 e. The zero-order valence-electron chi connectivity index (χ0n) is 22.9. The Morgan fingerprint density at radius 3 is 1.62 bits per heavy atom. The maximum atomic E-state index is 2.48. The first-order valence-corrected chi connectivity index (χ1v) is 14.5. The summed E-state index contributed by atoms with van der Waals surface area (Å²) in [5, 5.41) is 1.28. The lowest BCUT2D eigenvalue weighted by molar-refractivity contribution is 1.08. The summed E-state index contributed by atoms with van der Waals surface area (Å²) in [7, 11) is 0. The van der Waals surface area contributed by atoms with Crippen molar-refractivity contribution in [1.29, 1.82) is 0 Å². The van der Waals surface area contributed by atoms with Crippen LogP contribution in [0.15, 0.2) is 158 Å². The molecule has 0 unspecified atom stereocenters. The van der Waals surface area contributed by atoms with Crippen LogP contribution in [0.1, 0.15) is 0 Å². The average Bonchev–Trinajstić information content (AvgIpc) is 3.40. The first-order valence-electron chi connectivity index (χ1n) is 14.5. The Hall–Kier alpha value is -5.48. The van der Waals surface area contributed by atoms with Gasteiger partial charge in [-0.05, 0) is 82.4 Å². The highest BCUT2D eigenvalue weighted by atomic mass is 15.3. The summed E-state index contributed by atoms with van der Waals surface area (Å²) in [6.45, 7) is 0.0807. The number of benzene rings is 6. The number of hydrogen-bond donors (Lipinski definition) is 0. The van der Waals surface area contributed by atoms with E-state index in [0.29, 0.717) is 0 Å². The number of rotatable bonds is 3. The van der Waals surface area contributed by atoms with Crippen molar-refractivity contribution in [3.8, 4) is 5.69 Å². The minimum atomic E-state index is 0.0807. The molecule has 0 spiro atoms. The number of aromatic nitrogens is 1. The van der Waals surface area contributed by atoms with E-state index < -0.39 is 0 Å². The third-order valence-electron chi connectivity index (χ3n) is 8.75. The van der Waals surface area contributed by atoms with Gasteiger partial charge in [0.2, 0.25) is 0 Å². The quantitative estimate of drug-likeness (QED) is 0.215. The summed E-state index contributed by atoms with van der Waals surface area (Å²) in [5.41, 5.74) is 12.4. The molecule has 6 aromatic carbocycles. The van der Waals surface area contributed by atoms with Gasteiger partial charge in [0.15, 0.2) is 0 Å². The zero-order valence-corrected chi connectivity index (χ0v) is 22.9. The minimum absolute atomic E-state index is 0.0807. The average molecular weight is 535 g/mol. The molecule has 0 N–H and O–H groups in total. The van der Waals surface area contributed by atoms with Gasteiger partial charge in [-0.25, -0.2) is 0 Å². The summed E-state index contributed by atoms with van der Waals surface area (Å²) >= 11 is 0. The van der Waals surface area contributed by atoms with Gasteiger partial charge < -0.3 is 4.90 Å². The number of fused-ring (bicyclic) bond motifs is 6. The number of para-hydroxylation sites is 5. The Kier molecular flexibility index (Phi) is 4.99. The Labute approximate surface area is 245 Å². The molecule has 0 amide bonds. The van der Waals surface area contributed by atoms with E-state index in [-0.39, 0.29) is 6.71 Å². The van der Waals surface area contributed by atoms with Gasteiger partial charge in [0.1, 0.15) is 5.82 Å². The number of hydrogen-bond acceptors (Lipinski definition) is 2. The first-order chi connectivity index (χ1) is 20.9. The molecule has 0 bridgehead atoms. The molecule has 0 radical (unpaired) electrons. The molecule has 0 saturated heterocycles. The fourth-order valence-electron chi connectivity index (χ4n) is 7.15. The third-order valence-corrected chi connectivity index (χ3v) is 8.75. The van der Waals surface area contributed by atoms with Gasteiger partial charge in [0, 0.05) is 34.1 Å². The Morgan fingerprint density at radius 2 is 0.905 bits per heavy atom. The van der Waals surface area contributed by atoms with Gasteiger partial charge in [0.05, 0.1) is 5.52 Å².